The topological polar surface area (TPSA) is 3.24 Å². The molecule has 0 aliphatic carbocycles. The summed E-state index contributed by atoms with van der Waals surface area (Å²) in [5.74, 6) is 0. The van der Waals surface area contributed by atoms with E-state index in [1.54, 1.807) is 11.3 Å². The fourth-order valence-corrected chi connectivity index (χ4v) is 12.2. The smallest absolute Gasteiger partial charge is 0.112 e. The van der Waals surface area contributed by atoms with Crippen molar-refractivity contribution in [1.82, 2.24) is 4.23 Å². The molecular formula is C12H24NSSi2. The van der Waals surface area contributed by atoms with Crippen LogP contribution in [-0.4, -0.2) is 20.7 Å². The van der Waals surface area contributed by atoms with Crippen LogP contribution in [0.25, 0.3) is 0 Å². The Kier molecular flexibility index (Phi) is 4.57. The largest absolute Gasteiger partial charge is 0.342 e. The lowest BCUT2D eigenvalue weighted by atomic mass is 10.2. The molecule has 0 saturated carbocycles. The molecule has 1 aromatic heterocycles. The molecule has 1 heterocycles. The van der Waals surface area contributed by atoms with Gasteiger partial charge >= 0.3 is 0 Å². The maximum atomic E-state index is 2.73. The Labute approximate surface area is 107 Å². The molecule has 0 N–H and O–H groups in total. The van der Waals surface area contributed by atoms with Crippen molar-refractivity contribution in [2.24, 2.45) is 0 Å². The number of rotatable bonds is 5. The van der Waals surface area contributed by atoms with Gasteiger partial charge in [0.1, 0.15) is 16.5 Å². The molecule has 91 valence electrons. The van der Waals surface area contributed by atoms with E-state index in [0.29, 0.717) is 0 Å². The van der Waals surface area contributed by atoms with Gasteiger partial charge in [-0.25, -0.2) is 0 Å². The van der Waals surface area contributed by atoms with Gasteiger partial charge in [-0.1, -0.05) is 39.3 Å². The second kappa shape index (κ2) is 5.16. The molecule has 1 radical (unpaired) electrons. The summed E-state index contributed by atoms with van der Waals surface area (Å²) in [6, 6.07) is 2.23. The van der Waals surface area contributed by atoms with E-state index >= 15 is 0 Å². The maximum absolute atomic E-state index is 2.73. The van der Waals surface area contributed by atoms with E-state index in [1.807, 2.05) is 0 Å². The lowest BCUT2D eigenvalue weighted by Crippen LogP contribution is -2.57. The van der Waals surface area contributed by atoms with Crippen molar-refractivity contribution in [3.8, 4) is 0 Å². The summed E-state index contributed by atoms with van der Waals surface area (Å²) >= 11 is 1.79. The van der Waals surface area contributed by atoms with Gasteiger partial charge in [0, 0.05) is 6.54 Å². The van der Waals surface area contributed by atoms with Crippen molar-refractivity contribution in [3.05, 3.63) is 28.9 Å². The Bertz CT molecular complexity index is 295. The third-order valence-corrected chi connectivity index (χ3v) is 10.5. The summed E-state index contributed by atoms with van der Waals surface area (Å²) in [6.45, 7) is 17.1. The van der Waals surface area contributed by atoms with Gasteiger partial charge in [-0.15, -0.1) is 0 Å². The molecule has 16 heavy (non-hydrogen) atoms. The summed E-state index contributed by atoms with van der Waals surface area (Å²) < 4.78 is 2.73. The van der Waals surface area contributed by atoms with Crippen molar-refractivity contribution in [2.75, 3.05) is 0 Å². The number of thiophene rings is 1. The summed E-state index contributed by atoms with van der Waals surface area (Å²) in [5, 5.41) is 4.42. The van der Waals surface area contributed by atoms with E-state index in [4.69, 9.17) is 0 Å². The number of hydrogen-bond donors (Lipinski definition) is 0. The first-order valence-electron chi connectivity index (χ1n) is 5.85. The van der Waals surface area contributed by atoms with Crippen molar-refractivity contribution in [2.45, 2.75) is 45.7 Å². The fourth-order valence-electron chi connectivity index (χ4n) is 2.16. The van der Waals surface area contributed by atoms with Crippen LogP contribution in [0.15, 0.2) is 16.8 Å². The van der Waals surface area contributed by atoms with Crippen LogP contribution in [0.1, 0.15) is 5.56 Å². The first kappa shape index (κ1) is 14.2. The summed E-state index contributed by atoms with van der Waals surface area (Å²) in [5.41, 5.74) is 1.45. The van der Waals surface area contributed by atoms with Crippen LogP contribution in [0, 0.1) is 6.54 Å². The van der Waals surface area contributed by atoms with Gasteiger partial charge in [0.2, 0.25) is 0 Å². The Balaban J connectivity index is 2.66. The normalized spacial score (nSPS) is 13.4. The van der Waals surface area contributed by atoms with Gasteiger partial charge in [-0.2, -0.15) is 11.3 Å². The second-order valence-electron chi connectivity index (χ2n) is 6.23. The maximum Gasteiger partial charge on any atom is 0.112 e. The van der Waals surface area contributed by atoms with Crippen LogP contribution in [0.2, 0.25) is 39.3 Å². The number of nitrogens with zero attached hydrogens (tertiary/aromatic N) is 1. The Morgan fingerprint density at radius 3 is 2.06 bits per heavy atom. The highest BCUT2D eigenvalue weighted by Gasteiger charge is 2.33. The molecule has 1 aromatic rings. The predicted molar refractivity (Wildman–Crippen MR) is 80.9 cm³/mol. The van der Waals surface area contributed by atoms with E-state index < -0.39 is 16.5 Å². The molecule has 0 aliphatic rings. The molecule has 0 saturated heterocycles. The Morgan fingerprint density at radius 1 is 1.12 bits per heavy atom. The highest BCUT2D eigenvalue weighted by atomic mass is 32.1. The monoisotopic (exact) mass is 270 g/mol. The molecule has 0 unspecified atom stereocenters. The van der Waals surface area contributed by atoms with Gasteiger partial charge in [-0.05, 0) is 28.8 Å². The van der Waals surface area contributed by atoms with Gasteiger partial charge < -0.3 is 4.23 Å². The van der Waals surface area contributed by atoms with Gasteiger partial charge in [0.05, 0.1) is 0 Å². The van der Waals surface area contributed by atoms with Crippen LogP contribution in [0.5, 0.6) is 0 Å². The van der Waals surface area contributed by atoms with E-state index in [9.17, 15) is 0 Å². The molecule has 0 amide bonds. The van der Waals surface area contributed by atoms with Gasteiger partial charge in [-0.3, -0.25) is 0 Å². The minimum absolute atomic E-state index is 1.10. The SMILES string of the molecule is C[Si](C)(C)N([CH]Cc1ccsc1)[Si](C)(C)C. The zero-order chi connectivity index (χ0) is 12.4. The van der Waals surface area contributed by atoms with Crippen LogP contribution in [0.4, 0.5) is 0 Å². The molecule has 0 atom stereocenters. The van der Waals surface area contributed by atoms with Crippen LogP contribution in [0.3, 0.4) is 0 Å². The first-order valence-corrected chi connectivity index (χ1v) is 13.7. The van der Waals surface area contributed by atoms with Crippen LogP contribution < -0.4 is 0 Å². The molecule has 0 spiro atoms. The highest BCUT2D eigenvalue weighted by molar-refractivity contribution is 7.08. The van der Waals surface area contributed by atoms with Gasteiger partial charge in [0.25, 0.3) is 0 Å². The zero-order valence-corrected chi connectivity index (χ0v) is 14.2. The molecule has 1 nitrogen and oxygen atoms in total. The minimum atomic E-state index is -1.21. The van der Waals surface area contributed by atoms with Crippen molar-refractivity contribution in [3.63, 3.8) is 0 Å². The molecule has 0 fully saturated rings. The van der Waals surface area contributed by atoms with Crippen molar-refractivity contribution < 1.29 is 0 Å². The quantitative estimate of drug-likeness (QED) is 0.716. The summed E-state index contributed by atoms with van der Waals surface area (Å²) in [6.07, 6.45) is 1.10. The first-order chi connectivity index (χ1) is 7.21. The fraction of sp³-hybridized carbons (Fsp3) is 0.583. The molecule has 4 heteroatoms. The highest BCUT2D eigenvalue weighted by Crippen LogP contribution is 2.23. The summed E-state index contributed by atoms with van der Waals surface area (Å²) in [4.78, 5) is 0. The number of hydrogen-bond acceptors (Lipinski definition) is 2. The molecule has 0 aliphatic heterocycles. The average Bonchev–Trinajstić information content (AvgIpc) is 2.51. The van der Waals surface area contributed by atoms with Gasteiger partial charge in [0.15, 0.2) is 0 Å². The van der Waals surface area contributed by atoms with E-state index in [2.05, 4.69) is 66.9 Å². The van der Waals surface area contributed by atoms with E-state index in [0.717, 1.165) is 6.42 Å². The predicted octanol–water partition coefficient (Wildman–Crippen LogP) is 4.42. The Morgan fingerprint density at radius 2 is 1.69 bits per heavy atom. The standard InChI is InChI=1S/C12H24NSSi2/c1-15(2,3)13(16(4,5)6)9-7-12-8-10-14-11-12/h8-11H,7H2,1-6H3. The molecular weight excluding hydrogens is 246 g/mol. The van der Waals surface area contributed by atoms with E-state index in [1.165, 1.54) is 5.56 Å². The average molecular weight is 271 g/mol. The third kappa shape index (κ3) is 4.16. The zero-order valence-electron chi connectivity index (χ0n) is 11.4. The van der Waals surface area contributed by atoms with E-state index in [-0.39, 0.29) is 0 Å². The van der Waals surface area contributed by atoms with Crippen molar-refractivity contribution in [1.29, 1.82) is 0 Å². The molecule has 0 aromatic carbocycles. The lowest BCUT2D eigenvalue weighted by Gasteiger charge is -2.43. The molecule has 0 bridgehead atoms. The third-order valence-electron chi connectivity index (χ3n) is 2.54. The lowest BCUT2D eigenvalue weighted by molar-refractivity contribution is 0.713. The van der Waals surface area contributed by atoms with Crippen molar-refractivity contribution >= 4 is 27.8 Å². The summed E-state index contributed by atoms with van der Waals surface area (Å²) in [7, 11) is -2.43. The second-order valence-corrected chi connectivity index (χ2v) is 17.1. The van der Waals surface area contributed by atoms with Crippen LogP contribution in [-0.2, 0) is 6.42 Å². The minimum Gasteiger partial charge on any atom is -0.342 e. The Hall–Kier alpha value is 0.0938. The molecule has 1 rings (SSSR count). The van der Waals surface area contributed by atoms with Crippen LogP contribution >= 0.6 is 11.3 Å².